The third-order valence-corrected chi connectivity index (χ3v) is 6.26. The van der Waals surface area contributed by atoms with Gasteiger partial charge in [0.25, 0.3) is 0 Å². The van der Waals surface area contributed by atoms with Crippen LogP contribution in [-0.2, 0) is 22.3 Å². The molecule has 0 saturated heterocycles. The summed E-state index contributed by atoms with van der Waals surface area (Å²) in [4.78, 5) is 13.0. The lowest BCUT2D eigenvalue weighted by Gasteiger charge is -2.23. The lowest BCUT2D eigenvalue weighted by atomic mass is 10.00. The van der Waals surface area contributed by atoms with Gasteiger partial charge in [0.05, 0.1) is 28.4 Å². The highest BCUT2D eigenvalue weighted by Crippen LogP contribution is 2.37. The van der Waals surface area contributed by atoms with Crippen LogP contribution in [0.2, 0.25) is 0 Å². The Bertz CT molecular complexity index is 947. The average Bonchev–Trinajstić information content (AvgIpc) is 3.17. The number of hydrogen-bond acceptors (Lipinski definition) is 9. The van der Waals surface area contributed by atoms with E-state index in [2.05, 4.69) is 10.6 Å². The van der Waals surface area contributed by atoms with Gasteiger partial charge in [0.15, 0.2) is 23.0 Å². The standard InChI is InChI=1S/C25H32N2O7/c1-29-19-9-15-5-7-26-13-23(17(15)11-21(19)31-3)33-25(28)34-24-14-27-8-6-16-10-20(30-2)22(32-4)12-18(16)24/h9-12,23-24,26-27H,5-8,13-14H2,1-4H3. The number of rotatable bonds is 6. The molecule has 2 aromatic rings. The normalized spacial score (nSPS) is 19.5. The molecule has 2 heterocycles. The van der Waals surface area contributed by atoms with Crippen LogP contribution in [0.4, 0.5) is 4.79 Å². The summed E-state index contributed by atoms with van der Waals surface area (Å²) in [6.07, 6.45) is -0.205. The maximum Gasteiger partial charge on any atom is 0.509 e. The van der Waals surface area contributed by atoms with Crippen molar-refractivity contribution in [3.63, 3.8) is 0 Å². The minimum absolute atomic E-state index is 0.474. The summed E-state index contributed by atoms with van der Waals surface area (Å²) in [6, 6.07) is 7.62. The molecule has 2 unspecified atom stereocenters. The molecule has 0 amide bonds. The first kappa shape index (κ1) is 24.0. The monoisotopic (exact) mass is 472 g/mol. The quantitative estimate of drug-likeness (QED) is 0.615. The predicted molar refractivity (Wildman–Crippen MR) is 125 cm³/mol. The summed E-state index contributed by atoms with van der Waals surface area (Å²) in [5.74, 6) is 2.48. The molecule has 0 bridgehead atoms. The van der Waals surface area contributed by atoms with E-state index in [9.17, 15) is 4.79 Å². The van der Waals surface area contributed by atoms with Crippen molar-refractivity contribution in [2.45, 2.75) is 25.0 Å². The predicted octanol–water partition coefficient (Wildman–Crippen LogP) is 2.95. The Kier molecular flexibility index (Phi) is 7.64. The molecular weight excluding hydrogens is 440 g/mol. The van der Waals surface area contributed by atoms with E-state index in [1.165, 1.54) is 0 Å². The van der Waals surface area contributed by atoms with Crippen LogP contribution in [0.15, 0.2) is 24.3 Å². The summed E-state index contributed by atoms with van der Waals surface area (Å²) in [5.41, 5.74) is 3.84. The molecule has 0 saturated carbocycles. The van der Waals surface area contributed by atoms with Gasteiger partial charge in [0, 0.05) is 24.2 Å². The molecule has 4 rings (SSSR count). The van der Waals surface area contributed by atoms with E-state index in [0.717, 1.165) is 48.2 Å². The lowest BCUT2D eigenvalue weighted by Crippen LogP contribution is -2.27. The highest BCUT2D eigenvalue weighted by Gasteiger charge is 2.29. The molecule has 9 nitrogen and oxygen atoms in total. The molecule has 9 heteroatoms. The molecule has 2 aliphatic rings. The van der Waals surface area contributed by atoms with Gasteiger partial charge in [-0.1, -0.05) is 0 Å². The van der Waals surface area contributed by atoms with Crippen LogP contribution in [0.5, 0.6) is 23.0 Å². The Labute approximate surface area is 199 Å². The number of hydrogen-bond donors (Lipinski definition) is 2. The molecule has 0 aromatic heterocycles. The molecule has 0 spiro atoms. The fourth-order valence-electron chi connectivity index (χ4n) is 4.51. The van der Waals surface area contributed by atoms with Crippen LogP contribution in [0.25, 0.3) is 0 Å². The van der Waals surface area contributed by atoms with Gasteiger partial charge in [-0.3, -0.25) is 0 Å². The van der Waals surface area contributed by atoms with E-state index in [0.29, 0.717) is 36.1 Å². The summed E-state index contributed by atoms with van der Waals surface area (Å²) in [6.45, 7) is 2.47. The van der Waals surface area contributed by atoms with Crippen LogP contribution in [-0.4, -0.2) is 60.8 Å². The molecule has 34 heavy (non-hydrogen) atoms. The highest BCUT2D eigenvalue weighted by molar-refractivity contribution is 5.62. The van der Waals surface area contributed by atoms with E-state index in [4.69, 9.17) is 28.4 Å². The molecule has 0 aliphatic carbocycles. The minimum Gasteiger partial charge on any atom is -0.493 e. The minimum atomic E-state index is -0.733. The first-order valence-corrected chi connectivity index (χ1v) is 11.4. The average molecular weight is 473 g/mol. The molecule has 2 aromatic carbocycles. The van der Waals surface area contributed by atoms with E-state index in [1.807, 2.05) is 24.3 Å². The van der Waals surface area contributed by atoms with Crippen molar-refractivity contribution in [1.29, 1.82) is 0 Å². The van der Waals surface area contributed by atoms with Crippen LogP contribution in [0.3, 0.4) is 0 Å². The Morgan fingerprint density at radius 1 is 0.676 bits per heavy atom. The van der Waals surface area contributed by atoms with Crippen molar-refractivity contribution in [3.8, 4) is 23.0 Å². The first-order chi connectivity index (χ1) is 16.6. The molecule has 2 aliphatic heterocycles. The Balaban J connectivity index is 1.56. The summed E-state index contributed by atoms with van der Waals surface area (Å²) in [7, 11) is 6.38. The molecule has 0 radical (unpaired) electrons. The Hall–Kier alpha value is -3.17. The van der Waals surface area contributed by atoms with Gasteiger partial charge in [0.2, 0.25) is 0 Å². The van der Waals surface area contributed by atoms with Gasteiger partial charge in [-0.05, 0) is 61.3 Å². The van der Waals surface area contributed by atoms with Crippen molar-refractivity contribution < 1.29 is 33.2 Å². The molecule has 184 valence electrons. The first-order valence-electron chi connectivity index (χ1n) is 11.4. The van der Waals surface area contributed by atoms with E-state index in [-0.39, 0.29) is 0 Å². The van der Waals surface area contributed by atoms with Gasteiger partial charge < -0.3 is 39.1 Å². The number of carbonyl (C=O) groups is 1. The number of carbonyl (C=O) groups excluding carboxylic acids is 1. The zero-order valence-corrected chi connectivity index (χ0v) is 20.1. The smallest absolute Gasteiger partial charge is 0.493 e. The zero-order chi connectivity index (χ0) is 24.1. The molecular formula is C25H32N2O7. The number of nitrogens with one attached hydrogen (secondary N) is 2. The third-order valence-electron chi connectivity index (χ3n) is 6.26. The van der Waals surface area contributed by atoms with Gasteiger partial charge >= 0.3 is 6.16 Å². The Morgan fingerprint density at radius 2 is 1.06 bits per heavy atom. The van der Waals surface area contributed by atoms with Gasteiger partial charge in [0.1, 0.15) is 12.2 Å². The van der Waals surface area contributed by atoms with Crippen LogP contribution < -0.4 is 29.6 Å². The van der Waals surface area contributed by atoms with E-state index >= 15 is 0 Å². The van der Waals surface area contributed by atoms with Crippen molar-refractivity contribution in [3.05, 3.63) is 46.5 Å². The maximum atomic E-state index is 13.0. The summed E-state index contributed by atoms with van der Waals surface area (Å²) < 4.78 is 33.5. The number of fused-ring (bicyclic) bond motifs is 2. The van der Waals surface area contributed by atoms with E-state index < -0.39 is 18.4 Å². The fourth-order valence-corrected chi connectivity index (χ4v) is 4.51. The van der Waals surface area contributed by atoms with E-state index in [1.54, 1.807) is 28.4 Å². The van der Waals surface area contributed by atoms with Gasteiger partial charge in [-0.25, -0.2) is 4.79 Å². The maximum absolute atomic E-state index is 13.0. The molecule has 0 fully saturated rings. The summed E-state index contributed by atoms with van der Waals surface area (Å²) in [5, 5.41) is 6.65. The number of methoxy groups -OCH3 is 4. The van der Waals surface area contributed by atoms with Crippen molar-refractivity contribution in [1.82, 2.24) is 10.6 Å². The SMILES string of the molecule is COc1cc2c(cc1OC)C(OC(=O)OC1CNCCc3cc(OC)c(OC)cc31)CNCC2. The van der Waals surface area contributed by atoms with Crippen molar-refractivity contribution in [2.24, 2.45) is 0 Å². The highest BCUT2D eigenvalue weighted by atomic mass is 16.7. The second-order valence-electron chi connectivity index (χ2n) is 8.18. The zero-order valence-electron chi connectivity index (χ0n) is 20.1. The lowest BCUT2D eigenvalue weighted by molar-refractivity contribution is -0.00192. The number of ether oxygens (including phenoxy) is 6. The van der Waals surface area contributed by atoms with Crippen LogP contribution >= 0.6 is 0 Å². The Morgan fingerprint density at radius 3 is 1.44 bits per heavy atom. The largest absolute Gasteiger partial charge is 0.509 e. The molecule has 2 N–H and O–H groups in total. The fraction of sp³-hybridized carbons (Fsp3) is 0.480. The second-order valence-corrected chi connectivity index (χ2v) is 8.18. The van der Waals surface area contributed by atoms with Gasteiger partial charge in [-0.15, -0.1) is 0 Å². The van der Waals surface area contributed by atoms with Crippen LogP contribution in [0.1, 0.15) is 34.5 Å². The summed E-state index contributed by atoms with van der Waals surface area (Å²) >= 11 is 0. The topological polar surface area (TPSA) is 96.5 Å². The third kappa shape index (κ3) is 5.00. The molecule has 2 atom stereocenters. The van der Waals surface area contributed by atoms with Crippen molar-refractivity contribution in [2.75, 3.05) is 54.6 Å². The number of benzene rings is 2. The van der Waals surface area contributed by atoms with Gasteiger partial charge in [-0.2, -0.15) is 0 Å². The second kappa shape index (κ2) is 10.8. The van der Waals surface area contributed by atoms with Crippen LogP contribution in [0, 0.1) is 0 Å². The van der Waals surface area contributed by atoms with Crippen molar-refractivity contribution >= 4 is 6.16 Å².